The molecule has 2 N–H and O–H groups in total. The van der Waals surface area contributed by atoms with Crippen molar-refractivity contribution in [3.8, 4) is 0 Å². The first kappa shape index (κ1) is 14.8. The van der Waals surface area contributed by atoms with Gasteiger partial charge in [-0.3, -0.25) is 9.59 Å². The van der Waals surface area contributed by atoms with Crippen molar-refractivity contribution in [2.75, 3.05) is 6.61 Å². The summed E-state index contributed by atoms with van der Waals surface area (Å²) in [4.78, 5) is 30.0. The number of carbonyl (C=O) groups excluding carboxylic acids is 2. The molecule has 6 nitrogen and oxygen atoms in total. The van der Waals surface area contributed by atoms with Crippen LogP contribution in [0.15, 0.2) is 42.9 Å². The van der Waals surface area contributed by atoms with Crippen molar-refractivity contribution < 1.29 is 14.3 Å². The van der Waals surface area contributed by atoms with Gasteiger partial charge in [0.15, 0.2) is 0 Å². The number of hydrogen-bond acceptors (Lipinski definition) is 4. The molecule has 0 aliphatic carbocycles. The summed E-state index contributed by atoms with van der Waals surface area (Å²) in [6.07, 6.45) is 3.75. The van der Waals surface area contributed by atoms with E-state index in [1.54, 1.807) is 36.8 Å². The lowest BCUT2D eigenvalue weighted by Crippen LogP contribution is -2.40. The topological polar surface area (TPSA) is 84.1 Å². The largest absolute Gasteiger partial charge is 0.464 e. The lowest BCUT2D eigenvalue weighted by atomic mass is 10.1. The quantitative estimate of drug-likeness (QED) is 0.785. The van der Waals surface area contributed by atoms with E-state index < -0.39 is 0 Å². The first-order chi connectivity index (χ1) is 10.1. The predicted octanol–water partition coefficient (Wildman–Crippen LogP) is 1.31. The van der Waals surface area contributed by atoms with E-state index in [1.807, 2.05) is 6.07 Å². The minimum atomic E-state index is -0.376. The SMILES string of the molecule is CC(=O)OC[C@H](Cc1cnc[nH]1)NC(=O)c1ccccc1. The van der Waals surface area contributed by atoms with Crippen LogP contribution in [-0.4, -0.2) is 34.5 Å². The zero-order valence-corrected chi connectivity index (χ0v) is 11.7. The summed E-state index contributed by atoms with van der Waals surface area (Å²) < 4.78 is 5.00. The van der Waals surface area contributed by atoms with Gasteiger partial charge in [0.05, 0.1) is 12.4 Å². The number of hydrogen-bond donors (Lipinski definition) is 2. The predicted molar refractivity (Wildman–Crippen MR) is 76.6 cm³/mol. The maximum Gasteiger partial charge on any atom is 0.302 e. The molecule has 21 heavy (non-hydrogen) atoms. The average molecular weight is 287 g/mol. The molecule has 0 aliphatic rings. The van der Waals surface area contributed by atoms with Crippen molar-refractivity contribution in [1.82, 2.24) is 15.3 Å². The molecule has 2 rings (SSSR count). The third kappa shape index (κ3) is 4.76. The van der Waals surface area contributed by atoms with Gasteiger partial charge in [-0.1, -0.05) is 18.2 Å². The molecule has 6 heteroatoms. The maximum absolute atomic E-state index is 12.2. The first-order valence-electron chi connectivity index (χ1n) is 6.61. The van der Waals surface area contributed by atoms with Crippen molar-refractivity contribution in [2.24, 2.45) is 0 Å². The molecule has 0 aliphatic heterocycles. The number of ether oxygens (including phenoxy) is 1. The number of esters is 1. The highest BCUT2D eigenvalue weighted by molar-refractivity contribution is 5.94. The Balaban J connectivity index is 2.00. The monoisotopic (exact) mass is 287 g/mol. The van der Waals surface area contributed by atoms with Crippen molar-refractivity contribution in [2.45, 2.75) is 19.4 Å². The zero-order valence-electron chi connectivity index (χ0n) is 11.7. The van der Waals surface area contributed by atoms with E-state index >= 15 is 0 Å². The number of carbonyl (C=O) groups is 2. The van der Waals surface area contributed by atoms with Crippen LogP contribution in [0.4, 0.5) is 0 Å². The summed E-state index contributed by atoms with van der Waals surface area (Å²) in [5.41, 5.74) is 1.43. The Morgan fingerprint density at radius 3 is 2.71 bits per heavy atom. The van der Waals surface area contributed by atoms with Crippen LogP contribution in [0, 0.1) is 0 Å². The molecule has 0 saturated carbocycles. The number of imidazole rings is 1. The molecule has 0 saturated heterocycles. The summed E-state index contributed by atoms with van der Waals surface area (Å²) in [6, 6.07) is 8.58. The summed E-state index contributed by atoms with van der Waals surface area (Å²) in [5.74, 6) is -0.578. The summed E-state index contributed by atoms with van der Waals surface area (Å²) in [6.45, 7) is 1.46. The van der Waals surface area contributed by atoms with Gasteiger partial charge in [0.1, 0.15) is 6.61 Å². The molecule has 0 fully saturated rings. The van der Waals surface area contributed by atoms with E-state index in [0.29, 0.717) is 12.0 Å². The molecular weight excluding hydrogens is 270 g/mol. The van der Waals surface area contributed by atoms with Gasteiger partial charge in [-0.15, -0.1) is 0 Å². The zero-order chi connectivity index (χ0) is 15.1. The van der Waals surface area contributed by atoms with Gasteiger partial charge < -0.3 is 15.0 Å². The smallest absolute Gasteiger partial charge is 0.302 e. The summed E-state index contributed by atoms with van der Waals surface area (Å²) in [7, 11) is 0. The van der Waals surface area contributed by atoms with Gasteiger partial charge in [0, 0.05) is 30.8 Å². The number of H-pyrrole nitrogens is 1. The Morgan fingerprint density at radius 2 is 2.10 bits per heavy atom. The molecule has 0 bridgehead atoms. The summed E-state index contributed by atoms with van der Waals surface area (Å²) >= 11 is 0. The molecule has 1 aromatic heterocycles. The Kier molecular flexibility index (Phi) is 5.09. The first-order valence-corrected chi connectivity index (χ1v) is 6.61. The second kappa shape index (κ2) is 7.23. The highest BCUT2D eigenvalue weighted by Gasteiger charge is 2.16. The van der Waals surface area contributed by atoms with Crippen LogP contribution in [0.3, 0.4) is 0 Å². The number of aromatic nitrogens is 2. The minimum absolute atomic E-state index is 0.118. The second-order valence-electron chi connectivity index (χ2n) is 4.62. The van der Waals surface area contributed by atoms with Crippen molar-refractivity contribution in [1.29, 1.82) is 0 Å². The summed E-state index contributed by atoms with van der Waals surface area (Å²) in [5, 5.41) is 2.86. The maximum atomic E-state index is 12.2. The fourth-order valence-corrected chi connectivity index (χ4v) is 1.89. The molecule has 0 spiro atoms. The third-order valence-corrected chi connectivity index (χ3v) is 2.88. The van der Waals surface area contributed by atoms with Crippen LogP contribution in [0.1, 0.15) is 23.0 Å². The van der Waals surface area contributed by atoms with Crippen molar-refractivity contribution in [3.63, 3.8) is 0 Å². The van der Waals surface area contributed by atoms with E-state index in [0.717, 1.165) is 5.69 Å². The molecule has 2 aromatic rings. The van der Waals surface area contributed by atoms with Gasteiger partial charge in [-0.25, -0.2) is 4.98 Å². The lowest BCUT2D eigenvalue weighted by Gasteiger charge is -2.17. The highest BCUT2D eigenvalue weighted by Crippen LogP contribution is 2.03. The molecule has 1 amide bonds. The van der Waals surface area contributed by atoms with Crippen LogP contribution in [0.2, 0.25) is 0 Å². The second-order valence-corrected chi connectivity index (χ2v) is 4.62. The lowest BCUT2D eigenvalue weighted by molar-refractivity contribution is -0.141. The van der Waals surface area contributed by atoms with Crippen LogP contribution >= 0.6 is 0 Å². The molecular formula is C15H17N3O3. The van der Waals surface area contributed by atoms with E-state index in [1.165, 1.54) is 6.92 Å². The molecule has 1 atom stereocenters. The molecule has 110 valence electrons. The fourth-order valence-electron chi connectivity index (χ4n) is 1.89. The number of aromatic amines is 1. The van der Waals surface area contributed by atoms with Gasteiger partial charge in [0.2, 0.25) is 0 Å². The normalized spacial score (nSPS) is 11.7. The number of nitrogens with zero attached hydrogens (tertiary/aromatic N) is 1. The van der Waals surface area contributed by atoms with Gasteiger partial charge in [-0.2, -0.15) is 0 Å². The Bertz CT molecular complexity index is 581. The van der Waals surface area contributed by atoms with E-state index in [9.17, 15) is 9.59 Å². The van der Waals surface area contributed by atoms with Crippen LogP contribution in [0.5, 0.6) is 0 Å². The number of nitrogens with one attached hydrogen (secondary N) is 2. The van der Waals surface area contributed by atoms with Gasteiger partial charge in [0.25, 0.3) is 5.91 Å². The van der Waals surface area contributed by atoms with Crippen molar-refractivity contribution >= 4 is 11.9 Å². The fraction of sp³-hybridized carbons (Fsp3) is 0.267. The van der Waals surface area contributed by atoms with Crippen molar-refractivity contribution in [3.05, 3.63) is 54.1 Å². The van der Waals surface area contributed by atoms with Gasteiger partial charge >= 0.3 is 5.97 Å². The highest BCUT2D eigenvalue weighted by atomic mass is 16.5. The molecule has 1 aromatic carbocycles. The average Bonchev–Trinajstić information content (AvgIpc) is 2.98. The van der Waals surface area contributed by atoms with Crippen LogP contribution < -0.4 is 5.32 Å². The number of rotatable bonds is 6. The molecule has 1 heterocycles. The Hall–Kier alpha value is -2.63. The van der Waals surface area contributed by atoms with Gasteiger partial charge in [-0.05, 0) is 12.1 Å². The minimum Gasteiger partial charge on any atom is -0.464 e. The standard InChI is InChI=1S/C15H17N3O3/c1-11(19)21-9-14(7-13-8-16-10-17-13)18-15(20)12-5-3-2-4-6-12/h2-6,8,10,14H,7,9H2,1H3,(H,16,17)(H,18,20)/t14-/m0/s1. The molecule has 0 radical (unpaired) electrons. The van der Waals surface area contributed by atoms with E-state index in [4.69, 9.17) is 4.74 Å². The Morgan fingerprint density at radius 1 is 1.33 bits per heavy atom. The van der Waals surface area contributed by atoms with E-state index in [-0.39, 0.29) is 24.5 Å². The number of amides is 1. The van der Waals surface area contributed by atoms with E-state index in [2.05, 4.69) is 15.3 Å². The molecule has 0 unspecified atom stereocenters. The Labute approximate surface area is 122 Å². The van der Waals surface area contributed by atoms with Crippen LogP contribution in [0.25, 0.3) is 0 Å². The third-order valence-electron chi connectivity index (χ3n) is 2.88. The number of benzene rings is 1. The van der Waals surface area contributed by atoms with Crippen LogP contribution in [-0.2, 0) is 16.0 Å².